The zero-order valence-corrected chi connectivity index (χ0v) is 28.7. The molecule has 12 heteroatoms. The van der Waals surface area contributed by atoms with Gasteiger partial charge in [-0.25, -0.2) is 8.42 Å². The fraction of sp³-hybridized carbons (Fsp3) is 0.257. The number of sulfonamides is 1. The van der Waals surface area contributed by atoms with Crippen LogP contribution in [0.15, 0.2) is 102 Å². The van der Waals surface area contributed by atoms with Gasteiger partial charge in [0, 0.05) is 25.6 Å². The number of rotatable bonds is 15. The van der Waals surface area contributed by atoms with Crippen molar-refractivity contribution in [2.24, 2.45) is 0 Å². The molecule has 0 bridgehead atoms. The summed E-state index contributed by atoms with van der Waals surface area (Å²) < 4.78 is 40.2. The Balaban J connectivity index is 1.84. The van der Waals surface area contributed by atoms with E-state index < -0.39 is 28.5 Å². The lowest BCUT2D eigenvalue weighted by Crippen LogP contribution is -2.53. The molecule has 47 heavy (non-hydrogen) atoms. The minimum Gasteiger partial charge on any atom is -0.493 e. The molecular formula is C35H37Cl2N3O6S. The number of hydrogen-bond donors (Lipinski definition) is 1. The average Bonchev–Trinajstić information content (AvgIpc) is 3.09. The van der Waals surface area contributed by atoms with Crippen LogP contribution in [-0.2, 0) is 32.6 Å². The molecule has 0 heterocycles. The highest BCUT2D eigenvalue weighted by molar-refractivity contribution is 7.92. The van der Waals surface area contributed by atoms with E-state index in [0.717, 1.165) is 9.87 Å². The Labute approximate surface area is 286 Å². The molecule has 4 aromatic carbocycles. The summed E-state index contributed by atoms with van der Waals surface area (Å²) >= 11 is 12.5. The first-order valence-electron chi connectivity index (χ1n) is 14.9. The molecule has 1 atom stereocenters. The smallest absolute Gasteiger partial charge is 0.264 e. The molecule has 9 nitrogen and oxygen atoms in total. The van der Waals surface area contributed by atoms with Crippen LogP contribution in [0.5, 0.6) is 11.5 Å². The van der Waals surface area contributed by atoms with Crippen LogP contribution in [0.4, 0.5) is 5.69 Å². The summed E-state index contributed by atoms with van der Waals surface area (Å²) in [6.45, 7) is 1.66. The van der Waals surface area contributed by atoms with E-state index in [2.05, 4.69) is 5.32 Å². The van der Waals surface area contributed by atoms with Gasteiger partial charge in [-0.05, 0) is 53.9 Å². The van der Waals surface area contributed by atoms with Crippen LogP contribution >= 0.6 is 23.2 Å². The van der Waals surface area contributed by atoms with Crippen molar-refractivity contribution in [2.45, 2.75) is 37.2 Å². The van der Waals surface area contributed by atoms with E-state index in [1.807, 2.05) is 37.3 Å². The van der Waals surface area contributed by atoms with Crippen molar-refractivity contribution in [1.29, 1.82) is 0 Å². The highest BCUT2D eigenvalue weighted by Gasteiger charge is 2.35. The Morgan fingerprint density at radius 3 is 2.09 bits per heavy atom. The van der Waals surface area contributed by atoms with Gasteiger partial charge in [-0.3, -0.25) is 13.9 Å². The second-order valence-corrected chi connectivity index (χ2v) is 13.3. The molecule has 248 valence electrons. The van der Waals surface area contributed by atoms with E-state index in [1.54, 1.807) is 42.5 Å². The van der Waals surface area contributed by atoms with E-state index in [1.165, 1.54) is 43.4 Å². The first kappa shape index (κ1) is 35.6. The Hall–Kier alpha value is -4.25. The van der Waals surface area contributed by atoms with Gasteiger partial charge in [-0.15, -0.1) is 0 Å². The second-order valence-electron chi connectivity index (χ2n) is 10.6. The largest absolute Gasteiger partial charge is 0.493 e. The van der Waals surface area contributed by atoms with Crippen LogP contribution in [0.2, 0.25) is 10.0 Å². The van der Waals surface area contributed by atoms with Gasteiger partial charge in [0.2, 0.25) is 11.8 Å². The lowest BCUT2D eigenvalue weighted by molar-refractivity contribution is -0.140. The quantitative estimate of drug-likeness (QED) is 0.155. The van der Waals surface area contributed by atoms with E-state index in [-0.39, 0.29) is 40.2 Å². The van der Waals surface area contributed by atoms with Crippen molar-refractivity contribution in [3.05, 3.63) is 118 Å². The van der Waals surface area contributed by atoms with Gasteiger partial charge in [0.1, 0.15) is 12.6 Å². The number of methoxy groups -OCH3 is 2. The molecule has 0 saturated heterocycles. The number of nitrogens with zero attached hydrogens (tertiary/aromatic N) is 2. The van der Waals surface area contributed by atoms with E-state index in [0.29, 0.717) is 29.3 Å². The van der Waals surface area contributed by atoms with Gasteiger partial charge in [-0.2, -0.15) is 0 Å². The van der Waals surface area contributed by atoms with Crippen LogP contribution in [0.25, 0.3) is 0 Å². The molecule has 0 radical (unpaired) electrons. The molecular weight excluding hydrogens is 661 g/mol. The molecule has 0 aromatic heterocycles. The lowest BCUT2D eigenvalue weighted by Gasteiger charge is -2.34. The van der Waals surface area contributed by atoms with Crippen molar-refractivity contribution in [3.8, 4) is 11.5 Å². The molecule has 0 spiro atoms. The van der Waals surface area contributed by atoms with Crippen LogP contribution in [-0.4, -0.2) is 58.5 Å². The van der Waals surface area contributed by atoms with Crippen molar-refractivity contribution in [2.75, 3.05) is 31.6 Å². The molecule has 0 fully saturated rings. The standard InChI is InChI=1S/C35H37Cl2N3O6S/c1-4-19-38-35(42)31(21-25-11-7-5-8-12-25)39(23-26-15-17-29(36)30(37)20-26)34(41)24-40(47(43,44)28-13-9-6-10-14-28)27-16-18-32(45-2)33(22-27)46-3/h5-18,20,22,31H,4,19,21,23-24H2,1-3H3,(H,38,42)/t31-/m0/s1. The summed E-state index contributed by atoms with van der Waals surface area (Å²) in [6.07, 6.45) is 0.873. The molecule has 4 aromatic rings. The van der Waals surface area contributed by atoms with Gasteiger partial charge in [-0.1, -0.05) is 84.7 Å². The molecule has 1 N–H and O–H groups in total. The summed E-state index contributed by atoms with van der Waals surface area (Å²) in [5, 5.41) is 3.54. The predicted molar refractivity (Wildman–Crippen MR) is 185 cm³/mol. The zero-order chi connectivity index (χ0) is 34.0. The van der Waals surface area contributed by atoms with Gasteiger partial charge in [0.05, 0.1) is 34.8 Å². The average molecular weight is 699 g/mol. The van der Waals surface area contributed by atoms with Crippen LogP contribution in [0, 0.1) is 0 Å². The molecule has 0 unspecified atom stereocenters. The number of halogens is 2. The van der Waals surface area contributed by atoms with E-state index >= 15 is 0 Å². The van der Waals surface area contributed by atoms with Crippen molar-refractivity contribution in [1.82, 2.24) is 10.2 Å². The van der Waals surface area contributed by atoms with Crippen LogP contribution in [0.3, 0.4) is 0 Å². The van der Waals surface area contributed by atoms with Gasteiger partial charge in [0.15, 0.2) is 11.5 Å². The van der Waals surface area contributed by atoms with Gasteiger partial charge in [0.25, 0.3) is 10.0 Å². The third kappa shape index (κ3) is 8.97. The summed E-state index contributed by atoms with van der Waals surface area (Å²) in [6, 6.07) is 25.7. The minimum atomic E-state index is -4.28. The Bertz CT molecular complexity index is 1780. The SMILES string of the molecule is CCCNC(=O)[C@H](Cc1ccccc1)N(Cc1ccc(Cl)c(Cl)c1)C(=O)CN(c1ccc(OC)c(OC)c1)S(=O)(=O)c1ccccc1. The summed E-state index contributed by atoms with van der Waals surface area (Å²) in [5.74, 6) is -0.318. The number of anilines is 1. The Morgan fingerprint density at radius 1 is 0.809 bits per heavy atom. The summed E-state index contributed by atoms with van der Waals surface area (Å²) in [7, 11) is -1.38. The van der Waals surface area contributed by atoms with E-state index in [9.17, 15) is 18.0 Å². The molecule has 4 rings (SSSR count). The highest BCUT2D eigenvalue weighted by Crippen LogP contribution is 2.34. The normalized spacial score (nSPS) is 11.8. The fourth-order valence-electron chi connectivity index (χ4n) is 4.98. The number of hydrogen-bond acceptors (Lipinski definition) is 6. The predicted octanol–water partition coefficient (Wildman–Crippen LogP) is 6.37. The van der Waals surface area contributed by atoms with Gasteiger partial charge >= 0.3 is 0 Å². The number of amides is 2. The van der Waals surface area contributed by atoms with Gasteiger partial charge < -0.3 is 19.7 Å². The van der Waals surface area contributed by atoms with Crippen LogP contribution in [0.1, 0.15) is 24.5 Å². The maximum atomic E-state index is 14.6. The Morgan fingerprint density at radius 2 is 1.47 bits per heavy atom. The first-order valence-corrected chi connectivity index (χ1v) is 17.1. The molecule has 0 saturated carbocycles. The van der Waals surface area contributed by atoms with E-state index in [4.69, 9.17) is 32.7 Å². The molecule has 0 aliphatic rings. The maximum Gasteiger partial charge on any atom is 0.264 e. The first-order chi connectivity index (χ1) is 22.6. The summed E-state index contributed by atoms with van der Waals surface area (Å²) in [4.78, 5) is 29.7. The second kappa shape index (κ2) is 16.5. The molecule has 0 aliphatic heterocycles. The third-order valence-electron chi connectivity index (χ3n) is 7.42. The molecule has 0 aliphatic carbocycles. The lowest BCUT2D eigenvalue weighted by atomic mass is 10.0. The Kier molecular flexibility index (Phi) is 12.5. The molecule has 2 amide bonds. The topological polar surface area (TPSA) is 105 Å². The number of nitrogens with one attached hydrogen (secondary N) is 1. The van der Waals surface area contributed by atoms with Crippen molar-refractivity contribution >= 4 is 50.7 Å². The number of carbonyl (C=O) groups is 2. The zero-order valence-electron chi connectivity index (χ0n) is 26.4. The monoisotopic (exact) mass is 697 g/mol. The highest BCUT2D eigenvalue weighted by atomic mass is 35.5. The maximum absolute atomic E-state index is 14.6. The number of ether oxygens (including phenoxy) is 2. The van der Waals surface area contributed by atoms with Crippen molar-refractivity contribution in [3.63, 3.8) is 0 Å². The van der Waals surface area contributed by atoms with Crippen LogP contribution < -0.4 is 19.1 Å². The van der Waals surface area contributed by atoms with Crippen molar-refractivity contribution < 1.29 is 27.5 Å². The third-order valence-corrected chi connectivity index (χ3v) is 9.95. The fourth-order valence-corrected chi connectivity index (χ4v) is 6.73. The summed E-state index contributed by atoms with van der Waals surface area (Å²) in [5.41, 5.74) is 1.60. The number of benzene rings is 4. The minimum absolute atomic E-state index is 0.0138. The number of carbonyl (C=O) groups excluding carboxylic acids is 2.